The van der Waals surface area contributed by atoms with Crippen LogP contribution in [0.2, 0.25) is 10.0 Å². The smallest absolute Gasteiger partial charge is 0.408 e. The Balaban J connectivity index is 1.49. The molecular weight excluding hydrogens is 546 g/mol. The van der Waals surface area contributed by atoms with E-state index in [9.17, 15) is 19.1 Å². The summed E-state index contributed by atoms with van der Waals surface area (Å²) in [5.41, 5.74) is -0.986. The van der Waals surface area contributed by atoms with Crippen molar-refractivity contribution in [1.29, 1.82) is 0 Å². The molecule has 2 saturated heterocycles. The van der Waals surface area contributed by atoms with Gasteiger partial charge in [-0.3, -0.25) is 14.6 Å². The van der Waals surface area contributed by atoms with E-state index in [4.69, 9.17) is 23.2 Å². The first-order valence-corrected chi connectivity index (χ1v) is 13.9. The van der Waals surface area contributed by atoms with Crippen LogP contribution in [0.1, 0.15) is 33.0 Å². The third-order valence-electron chi connectivity index (χ3n) is 7.76. The van der Waals surface area contributed by atoms with Crippen LogP contribution in [0.3, 0.4) is 0 Å². The van der Waals surface area contributed by atoms with Gasteiger partial charge in [0.2, 0.25) is 0 Å². The molecule has 12 heteroatoms. The molecule has 0 radical (unpaired) electrons. The summed E-state index contributed by atoms with van der Waals surface area (Å²) in [5.74, 6) is -0.0915. The van der Waals surface area contributed by atoms with Crippen LogP contribution < -0.4 is 4.90 Å². The van der Waals surface area contributed by atoms with E-state index < -0.39 is 22.9 Å². The van der Waals surface area contributed by atoms with Gasteiger partial charge in [0.05, 0.1) is 22.4 Å². The molecule has 2 aliphatic rings. The van der Waals surface area contributed by atoms with Gasteiger partial charge in [-0.25, -0.2) is 19.2 Å². The van der Waals surface area contributed by atoms with E-state index in [-0.39, 0.29) is 12.5 Å². The number of benzene rings is 1. The molecule has 4 rings (SSSR count). The summed E-state index contributed by atoms with van der Waals surface area (Å²) in [7, 11) is 0. The minimum atomic E-state index is -1.25. The molecule has 2 amide bonds. The highest BCUT2D eigenvalue weighted by Gasteiger charge is 2.58. The lowest BCUT2D eigenvalue weighted by Gasteiger charge is -2.56. The molecule has 0 saturated carbocycles. The minimum absolute atomic E-state index is 0.169. The van der Waals surface area contributed by atoms with Gasteiger partial charge in [-0.1, -0.05) is 44.0 Å². The molecule has 1 N–H and O–H groups in total. The molecule has 1 atom stereocenters. The number of halogens is 3. The van der Waals surface area contributed by atoms with E-state index in [0.717, 1.165) is 18.1 Å². The number of aromatic nitrogens is 2. The van der Waals surface area contributed by atoms with Crippen LogP contribution in [0.5, 0.6) is 0 Å². The van der Waals surface area contributed by atoms with Crippen LogP contribution in [0, 0.1) is 11.2 Å². The van der Waals surface area contributed by atoms with Crippen LogP contribution in [0.15, 0.2) is 30.6 Å². The number of carbonyl (C=O) groups excluding carboxylic acids is 1. The first-order chi connectivity index (χ1) is 18.4. The number of carbonyl (C=O) groups is 2. The number of hydrogen-bond acceptors (Lipinski definition) is 6. The van der Waals surface area contributed by atoms with Gasteiger partial charge in [0, 0.05) is 57.9 Å². The first-order valence-electron chi connectivity index (χ1n) is 13.1. The Morgan fingerprint density at radius 3 is 2.28 bits per heavy atom. The molecular formula is C27H35Cl2FN6O3. The van der Waals surface area contributed by atoms with Crippen molar-refractivity contribution in [1.82, 2.24) is 24.7 Å². The minimum Gasteiger partial charge on any atom is -0.465 e. The summed E-state index contributed by atoms with van der Waals surface area (Å²) in [6.45, 7) is 9.61. The van der Waals surface area contributed by atoms with Crippen LogP contribution in [-0.4, -0.2) is 99.7 Å². The molecule has 1 aromatic heterocycles. The summed E-state index contributed by atoms with van der Waals surface area (Å²) in [5, 5.41) is 11.2. The molecule has 39 heavy (non-hydrogen) atoms. The Kier molecular flexibility index (Phi) is 8.88. The lowest BCUT2D eigenvalue weighted by molar-refractivity contribution is -0.158. The zero-order valence-electron chi connectivity index (χ0n) is 22.5. The number of carboxylic acid groups (broad SMARTS) is 1. The highest BCUT2D eigenvalue weighted by molar-refractivity contribution is 6.42. The summed E-state index contributed by atoms with van der Waals surface area (Å²) in [4.78, 5) is 42.3. The maximum absolute atomic E-state index is 14.3. The van der Waals surface area contributed by atoms with Gasteiger partial charge in [0.25, 0.3) is 5.91 Å². The Hall–Kier alpha value is -2.69. The highest BCUT2D eigenvalue weighted by Crippen LogP contribution is 2.41. The second-order valence-electron chi connectivity index (χ2n) is 11.1. The fourth-order valence-electron chi connectivity index (χ4n) is 5.56. The number of rotatable bonds is 6. The van der Waals surface area contributed by atoms with Gasteiger partial charge >= 0.3 is 6.09 Å². The lowest BCUT2D eigenvalue weighted by Crippen LogP contribution is -2.75. The average molecular weight is 582 g/mol. The van der Waals surface area contributed by atoms with Gasteiger partial charge in [-0.2, -0.15) is 0 Å². The summed E-state index contributed by atoms with van der Waals surface area (Å²) < 4.78 is 13.1. The second-order valence-corrected chi connectivity index (χ2v) is 11.9. The van der Waals surface area contributed by atoms with Crippen molar-refractivity contribution in [2.24, 2.45) is 5.41 Å². The topological polar surface area (TPSA) is 93.1 Å². The van der Waals surface area contributed by atoms with Gasteiger partial charge < -0.3 is 14.9 Å². The molecule has 0 aliphatic carbocycles. The van der Waals surface area contributed by atoms with Gasteiger partial charge in [-0.05, 0) is 36.6 Å². The van der Waals surface area contributed by atoms with E-state index in [0.29, 0.717) is 74.5 Å². The van der Waals surface area contributed by atoms with E-state index in [1.165, 1.54) is 4.90 Å². The van der Waals surface area contributed by atoms with Crippen molar-refractivity contribution in [3.05, 3.63) is 52.3 Å². The number of amides is 2. The number of hydrogen-bond donors (Lipinski definition) is 1. The van der Waals surface area contributed by atoms with Crippen molar-refractivity contribution < 1.29 is 19.1 Å². The van der Waals surface area contributed by atoms with Crippen LogP contribution >= 0.6 is 23.2 Å². The molecule has 9 nitrogen and oxygen atoms in total. The van der Waals surface area contributed by atoms with E-state index in [1.807, 2.05) is 32.9 Å². The summed E-state index contributed by atoms with van der Waals surface area (Å²) in [6.07, 6.45) is 2.48. The predicted molar refractivity (Wildman–Crippen MR) is 149 cm³/mol. The van der Waals surface area contributed by atoms with Crippen LogP contribution in [0.4, 0.5) is 14.9 Å². The molecule has 2 aliphatic heterocycles. The van der Waals surface area contributed by atoms with Crippen molar-refractivity contribution in [3.8, 4) is 0 Å². The van der Waals surface area contributed by atoms with E-state index in [2.05, 4.69) is 19.8 Å². The average Bonchev–Trinajstić information content (AvgIpc) is 2.90. The van der Waals surface area contributed by atoms with Crippen molar-refractivity contribution in [2.45, 2.75) is 39.2 Å². The number of piperazine rings is 2. The van der Waals surface area contributed by atoms with Crippen LogP contribution in [-0.2, 0) is 11.2 Å². The third-order valence-corrected chi connectivity index (χ3v) is 8.50. The zero-order chi connectivity index (χ0) is 28.4. The molecule has 212 valence electrons. The van der Waals surface area contributed by atoms with Gasteiger partial charge in [0.15, 0.2) is 5.82 Å². The van der Waals surface area contributed by atoms with E-state index in [1.54, 1.807) is 11.0 Å². The fraction of sp³-hybridized carbons (Fsp3) is 0.556. The molecule has 0 spiro atoms. The third kappa shape index (κ3) is 6.23. The zero-order valence-corrected chi connectivity index (χ0v) is 24.1. The Morgan fingerprint density at radius 2 is 1.69 bits per heavy atom. The molecule has 0 bridgehead atoms. The molecule has 2 fully saturated rings. The first kappa shape index (κ1) is 29.3. The van der Waals surface area contributed by atoms with Crippen LogP contribution in [0.25, 0.3) is 0 Å². The maximum Gasteiger partial charge on any atom is 0.408 e. The predicted octanol–water partition coefficient (Wildman–Crippen LogP) is 4.28. The van der Waals surface area contributed by atoms with Crippen molar-refractivity contribution in [3.63, 3.8) is 0 Å². The number of nitrogens with zero attached hydrogens (tertiary/aromatic N) is 6. The standard InChI is InChI=1S/C27H35Cl2FN6O3/c1-26(2,3)27(24(37)35-12-10-34(11-13-35)20-6-7-21(28)22(29)15-20)18-33(9-14-36(27)25(38)39)8-4-5-23-31-16-19(30)17-32-23/h6-7,15-17H,4-5,8-14,18H2,1-3H3,(H,38,39)/t27-/m1/s1. The Bertz CT molecular complexity index is 1190. The Labute approximate surface area is 238 Å². The summed E-state index contributed by atoms with van der Waals surface area (Å²) in [6, 6.07) is 5.49. The van der Waals surface area contributed by atoms with Crippen molar-refractivity contribution >= 4 is 40.9 Å². The van der Waals surface area contributed by atoms with Gasteiger partial charge in [-0.15, -0.1) is 0 Å². The second kappa shape index (κ2) is 11.8. The van der Waals surface area contributed by atoms with Crippen molar-refractivity contribution in [2.75, 3.05) is 57.3 Å². The van der Waals surface area contributed by atoms with Gasteiger partial charge in [0.1, 0.15) is 11.4 Å². The quantitative estimate of drug-likeness (QED) is 0.545. The largest absolute Gasteiger partial charge is 0.465 e. The lowest BCUT2D eigenvalue weighted by atomic mass is 9.69. The summed E-state index contributed by atoms with van der Waals surface area (Å²) >= 11 is 12.3. The normalized spacial score (nSPS) is 20.8. The highest BCUT2D eigenvalue weighted by atomic mass is 35.5. The molecule has 1 aromatic carbocycles. The molecule has 0 unspecified atom stereocenters. The number of aryl methyl sites for hydroxylation is 1. The SMILES string of the molecule is CC(C)(C)[C@]1(C(=O)N2CCN(c3ccc(Cl)c(Cl)c3)CC2)CN(CCCc2ncc(F)cn2)CCN1C(=O)O. The number of anilines is 1. The Morgan fingerprint density at radius 1 is 1.03 bits per heavy atom. The molecule has 3 heterocycles. The van der Waals surface area contributed by atoms with E-state index >= 15 is 0 Å². The molecule has 2 aromatic rings. The monoisotopic (exact) mass is 580 g/mol. The fourth-order valence-corrected chi connectivity index (χ4v) is 5.85. The maximum atomic E-state index is 14.3.